The quantitative estimate of drug-likeness (QED) is 0.788. The first-order valence-corrected chi connectivity index (χ1v) is 7.41. The fraction of sp³-hybridized carbons (Fsp3) is 0.917. The third-order valence-electron chi connectivity index (χ3n) is 2.90. The first-order valence-electron chi connectivity index (χ1n) is 6.36. The topological polar surface area (TPSA) is 43.8 Å². The van der Waals surface area contributed by atoms with Crippen molar-refractivity contribution in [3.8, 4) is 0 Å². The molecule has 0 saturated carbocycles. The summed E-state index contributed by atoms with van der Waals surface area (Å²) in [6.45, 7) is 8.70. The molecule has 1 saturated heterocycles. The van der Waals surface area contributed by atoms with Gasteiger partial charge >= 0.3 is 0 Å². The highest BCUT2D eigenvalue weighted by molar-refractivity contribution is 8.00. The van der Waals surface area contributed by atoms with E-state index in [1.807, 2.05) is 4.90 Å². The molecule has 1 fully saturated rings. The van der Waals surface area contributed by atoms with E-state index in [2.05, 4.69) is 18.7 Å². The minimum atomic E-state index is 0.206. The van der Waals surface area contributed by atoms with Crippen molar-refractivity contribution in [2.45, 2.75) is 25.5 Å². The first kappa shape index (κ1) is 14.8. The Morgan fingerprint density at radius 1 is 1.29 bits per heavy atom. The Kier molecular flexibility index (Phi) is 6.92. The van der Waals surface area contributed by atoms with Crippen LogP contribution < -0.4 is 0 Å². The van der Waals surface area contributed by atoms with E-state index in [1.54, 1.807) is 11.8 Å². The minimum Gasteiger partial charge on any atom is -0.395 e. The predicted molar refractivity (Wildman–Crippen MR) is 72.3 cm³/mol. The number of thioether (sulfide) groups is 1. The van der Waals surface area contributed by atoms with E-state index in [0.29, 0.717) is 11.0 Å². The Morgan fingerprint density at radius 3 is 2.71 bits per heavy atom. The number of rotatable bonds is 5. The Balaban J connectivity index is 2.32. The largest absolute Gasteiger partial charge is 0.395 e. The molecular weight excluding hydrogens is 236 g/mol. The van der Waals surface area contributed by atoms with Crippen LogP contribution in [0.5, 0.6) is 0 Å². The van der Waals surface area contributed by atoms with Crippen molar-refractivity contribution in [3.63, 3.8) is 0 Å². The van der Waals surface area contributed by atoms with Crippen molar-refractivity contribution in [3.05, 3.63) is 0 Å². The van der Waals surface area contributed by atoms with Gasteiger partial charge in [-0.05, 0) is 18.2 Å². The molecule has 0 bridgehead atoms. The van der Waals surface area contributed by atoms with Crippen molar-refractivity contribution >= 4 is 17.7 Å². The second-order valence-electron chi connectivity index (χ2n) is 4.66. The average molecular weight is 260 g/mol. The van der Waals surface area contributed by atoms with Crippen molar-refractivity contribution in [1.82, 2.24) is 9.80 Å². The van der Waals surface area contributed by atoms with Gasteiger partial charge in [0, 0.05) is 26.2 Å². The van der Waals surface area contributed by atoms with E-state index in [9.17, 15) is 4.79 Å². The summed E-state index contributed by atoms with van der Waals surface area (Å²) in [5, 5.41) is 9.42. The zero-order chi connectivity index (χ0) is 12.7. The highest BCUT2D eigenvalue weighted by Gasteiger charge is 2.18. The molecule has 4 nitrogen and oxygen atoms in total. The number of hydrogen-bond donors (Lipinski definition) is 1. The molecule has 0 spiro atoms. The van der Waals surface area contributed by atoms with Crippen LogP contribution in [0.4, 0.5) is 0 Å². The number of carbonyl (C=O) groups is 1. The Hall–Kier alpha value is -0.260. The van der Waals surface area contributed by atoms with E-state index in [-0.39, 0.29) is 12.5 Å². The molecule has 1 rings (SSSR count). The lowest BCUT2D eigenvalue weighted by Gasteiger charge is -2.21. The molecule has 17 heavy (non-hydrogen) atoms. The number of hydrogen-bond acceptors (Lipinski definition) is 4. The lowest BCUT2D eigenvalue weighted by atomic mass is 10.4. The molecule has 0 aromatic heterocycles. The van der Waals surface area contributed by atoms with Crippen molar-refractivity contribution in [2.24, 2.45) is 0 Å². The van der Waals surface area contributed by atoms with Gasteiger partial charge in [-0.2, -0.15) is 0 Å². The van der Waals surface area contributed by atoms with Gasteiger partial charge in [0.1, 0.15) is 0 Å². The maximum atomic E-state index is 12.0. The molecular formula is C12H24N2O2S. The Labute approximate surface area is 108 Å². The molecule has 0 aromatic rings. The van der Waals surface area contributed by atoms with Gasteiger partial charge in [0.2, 0.25) is 5.91 Å². The summed E-state index contributed by atoms with van der Waals surface area (Å²) in [6, 6.07) is 0. The van der Waals surface area contributed by atoms with Gasteiger partial charge in [-0.15, -0.1) is 11.8 Å². The monoisotopic (exact) mass is 260 g/mol. The molecule has 0 aliphatic carbocycles. The SMILES string of the molecule is CC(C)SCC(=O)N1CCCN(CCO)CC1. The standard InChI is InChI=1S/C12H24N2O2S/c1-11(2)17-10-12(16)14-5-3-4-13(6-7-14)8-9-15/h11,15H,3-10H2,1-2H3. The summed E-state index contributed by atoms with van der Waals surface area (Å²) in [5.74, 6) is 0.854. The summed E-state index contributed by atoms with van der Waals surface area (Å²) < 4.78 is 0. The number of carbonyl (C=O) groups excluding carboxylic acids is 1. The van der Waals surface area contributed by atoms with Gasteiger partial charge in [0.25, 0.3) is 0 Å². The zero-order valence-electron chi connectivity index (χ0n) is 10.9. The van der Waals surface area contributed by atoms with Crippen LogP contribution in [0.1, 0.15) is 20.3 Å². The van der Waals surface area contributed by atoms with Crippen molar-refractivity contribution in [2.75, 3.05) is 45.1 Å². The third-order valence-corrected chi connectivity index (χ3v) is 3.98. The van der Waals surface area contributed by atoms with Crippen LogP contribution in [0.2, 0.25) is 0 Å². The van der Waals surface area contributed by atoms with Crippen LogP contribution in [0.15, 0.2) is 0 Å². The molecule has 0 unspecified atom stereocenters. The van der Waals surface area contributed by atoms with E-state index in [0.717, 1.165) is 39.1 Å². The first-order chi connectivity index (χ1) is 8.13. The summed E-state index contributed by atoms with van der Waals surface area (Å²) in [7, 11) is 0. The van der Waals surface area contributed by atoms with Crippen molar-refractivity contribution in [1.29, 1.82) is 0 Å². The van der Waals surface area contributed by atoms with Crippen LogP contribution >= 0.6 is 11.8 Å². The molecule has 1 heterocycles. The van der Waals surface area contributed by atoms with E-state index < -0.39 is 0 Å². The Bertz CT molecular complexity index is 237. The molecule has 5 heteroatoms. The van der Waals surface area contributed by atoms with Crippen LogP contribution in [-0.4, -0.2) is 71.1 Å². The van der Waals surface area contributed by atoms with Gasteiger partial charge in [0.15, 0.2) is 0 Å². The Morgan fingerprint density at radius 2 is 2.06 bits per heavy atom. The molecule has 100 valence electrons. The predicted octanol–water partition coefficient (Wildman–Crippen LogP) is 0.655. The maximum absolute atomic E-state index is 12.0. The second kappa shape index (κ2) is 7.95. The smallest absolute Gasteiger partial charge is 0.232 e. The molecule has 1 amide bonds. The minimum absolute atomic E-state index is 0.206. The second-order valence-corrected chi connectivity index (χ2v) is 6.22. The van der Waals surface area contributed by atoms with Crippen molar-refractivity contribution < 1.29 is 9.90 Å². The highest BCUT2D eigenvalue weighted by atomic mass is 32.2. The van der Waals surface area contributed by atoms with E-state index in [1.165, 1.54) is 0 Å². The van der Waals surface area contributed by atoms with Gasteiger partial charge in [0.05, 0.1) is 12.4 Å². The third kappa shape index (κ3) is 5.75. The lowest BCUT2D eigenvalue weighted by molar-refractivity contribution is -0.128. The molecule has 1 aliphatic heterocycles. The molecule has 1 N–H and O–H groups in total. The van der Waals surface area contributed by atoms with E-state index in [4.69, 9.17) is 5.11 Å². The van der Waals surface area contributed by atoms with Gasteiger partial charge in [-0.25, -0.2) is 0 Å². The van der Waals surface area contributed by atoms with Gasteiger partial charge < -0.3 is 10.0 Å². The number of aliphatic hydroxyl groups excluding tert-OH is 1. The zero-order valence-corrected chi connectivity index (χ0v) is 11.7. The average Bonchev–Trinajstić information content (AvgIpc) is 2.52. The fourth-order valence-corrected chi connectivity index (χ4v) is 2.57. The lowest BCUT2D eigenvalue weighted by Crippen LogP contribution is -2.37. The van der Waals surface area contributed by atoms with E-state index >= 15 is 0 Å². The molecule has 0 radical (unpaired) electrons. The van der Waals surface area contributed by atoms with Crippen LogP contribution in [0.3, 0.4) is 0 Å². The summed E-state index contributed by atoms with van der Waals surface area (Å²) in [6.07, 6.45) is 1.01. The highest BCUT2D eigenvalue weighted by Crippen LogP contribution is 2.11. The van der Waals surface area contributed by atoms with Crippen LogP contribution in [0, 0.1) is 0 Å². The molecule has 1 aliphatic rings. The number of amides is 1. The number of β-amino-alcohol motifs (C(OH)–C–C–N with tert-alkyl or cyclic N) is 1. The maximum Gasteiger partial charge on any atom is 0.232 e. The summed E-state index contributed by atoms with van der Waals surface area (Å²) >= 11 is 1.71. The van der Waals surface area contributed by atoms with Crippen LogP contribution in [0.25, 0.3) is 0 Å². The fourth-order valence-electron chi connectivity index (χ4n) is 1.91. The van der Waals surface area contributed by atoms with Gasteiger partial charge in [-0.1, -0.05) is 13.8 Å². The molecule has 0 atom stereocenters. The number of nitrogens with zero attached hydrogens (tertiary/aromatic N) is 2. The normalized spacial score (nSPS) is 18.5. The number of aliphatic hydroxyl groups is 1. The molecule has 0 aromatic carbocycles. The van der Waals surface area contributed by atoms with Gasteiger partial charge in [-0.3, -0.25) is 9.69 Å². The summed E-state index contributed by atoms with van der Waals surface area (Å²) in [4.78, 5) is 16.1. The summed E-state index contributed by atoms with van der Waals surface area (Å²) in [5.41, 5.74) is 0. The van der Waals surface area contributed by atoms with Crippen LogP contribution in [-0.2, 0) is 4.79 Å².